The van der Waals surface area contributed by atoms with Crippen molar-refractivity contribution < 1.29 is 5.11 Å². The predicted molar refractivity (Wildman–Crippen MR) is 91.0 cm³/mol. The number of piperazine rings is 1. The lowest BCUT2D eigenvalue weighted by Gasteiger charge is -2.39. The Morgan fingerprint density at radius 3 is 2.70 bits per heavy atom. The molecule has 5 nitrogen and oxygen atoms in total. The summed E-state index contributed by atoms with van der Waals surface area (Å²) in [6.07, 6.45) is 4.24. The van der Waals surface area contributed by atoms with E-state index in [2.05, 4.69) is 26.4 Å². The average molecular weight is 314 g/mol. The van der Waals surface area contributed by atoms with Gasteiger partial charge in [0.05, 0.1) is 12.1 Å². The Kier molecular flexibility index (Phi) is 5.10. The average Bonchev–Trinajstić information content (AvgIpc) is 3.00. The second-order valence-corrected chi connectivity index (χ2v) is 6.41. The quantitative estimate of drug-likeness (QED) is 0.914. The summed E-state index contributed by atoms with van der Waals surface area (Å²) < 4.78 is 2.10. The van der Waals surface area contributed by atoms with E-state index < -0.39 is 0 Å². The number of hydrogen-bond donors (Lipinski definition) is 1. The van der Waals surface area contributed by atoms with Crippen molar-refractivity contribution in [2.75, 3.05) is 33.2 Å². The number of rotatable bonds is 5. The van der Waals surface area contributed by atoms with E-state index in [0.717, 1.165) is 44.0 Å². The van der Waals surface area contributed by atoms with Crippen LogP contribution in [0.5, 0.6) is 0 Å². The van der Waals surface area contributed by atoms with Crippen LogP contribution in [0, 0.1) is 0 Å². The van der Waals surface area contributed by atoms with E-state index >= 15 is 0 Å². The molecule has 1 aliphatic heterocycles. The molecule has 1 unspecified atom stereocenters. The summed E-state index contributed by atoms with van der Waals surface area (Å²) in [6.45, 7) is 3.94. The SMILES string of the molecule is CN1CCN(CC[C@H](O)c2ccccc2)CC1c1nccn1C. The lowest BCUT2D eigenvalue weighted by molar-refractivity contribution is 0.0723. The largest absolute Gasteiger partial charge is 0.388 e. The van der Waals surface area contributed by atoms with E-state index in [0.29, 0.717) is 6.04 Å². The molecule has 124 valence electrons. The number of likely N-dealkylation sites (N-methyl/N-ethyl adjacent to an activating group) is 1. The fourth-order valence-electron chi connectivity index (χ4n) is 3.26. The highest BCUT2D eigenvalue weighted by molar-refractivity contribution is 5.17. The van der Waals surface area contributed by atoms with Crippen molar-refractivity contribution in [3.8, 4) is 0 Å². The van der Waals surface area contributed by atoms with Crippen LogP contribution in [0.2, 0.25) is 0 Å². The molecule has 5 heteroatoms. The molecule has 0 aliphatic carbocycles. The number of imidazole rings is 1. The molecular formula is C18H26N4O. The lowest BCUT2D eigenvalue weighted by atomic mass is 10.1. The molecule has 1 saturated heterocycles. The van der Waals surface area contributed by atoms with Crippen LogP contribution in [0.3, 0.4) is 0 Å². The summed E-state index contributed by atoms with van der Waals surface area (Å²) >= 11 is 0. The number of aryl methyl sites for hydroxylation is 1. The summed E-state index contributed by atoms with van der Waals surface area (Å²) in [5.74, 6) is 1.11. The molecule has 1 aromatic heterocycles. The van der Waals surface area contributed by atoms with Gasteiger partial charge in [-0.25, -0.2) is 4.98 Å². The van der Waals surface area contributed by atoms with Crippen LogP contribution in [-0.4, -0.2) is 57.7 Å². The van der Waals surface area contributed by atoms with Crippen molar-refractivity contribution in [3.63, 3.8) is 0 Å². The molecular weight excluding hydrogens is 288 g/mol. The van der Waals surface area contributed by atoms with Crippen LogP contribution < -0.4 is 0 Å². The van der Waals surface area contributed by atoms with Crippen molar-refractivity contribution in [2.45, 2.75) is 18.6 Å². The summed E-state index contributed by atoms with van der Waals surface area (Å²) in [5.41, 5.74) is 1.00. The molecule has 1 aliphatic rings. The summed E-state index contributed by atoms with van der Waals surface area (Å²) in [7, 11) is 4.21. The first kappa shape index (κ1) is 16.2. The number of benzene rings is 1. The fourth-order valence-corrected chi connectivity index (χ4v) is 3.26. The Morgan fingerprint density at radius 2 is 2.00 bits per heavy atom. The number of nitrogens with zero attached hydrogens (tertiary/aromatic N) is 4. The predicted octanol–water partition coefficient (Wildman–Crippen LogP) is 1.83. The normalized spacial score (nSPS) is 21.4. The Morgan fingerprint density at radius 1 is 1.22 bits per heavy atom. The second kappa shape index (κ2) is 7.25. The van der Waals surface area contributed by atoms with Gasteiger partial charge in [0.25, 0.3) is 0 Å². The van der Waals surface area contributed by atoms with Crippen molar-refractivity contribution >= 4 is 0 Å². The molecule has 0 bridgehead atoms. The molecule has 1 fully saturated rings. The first-order chi connectivity index (χ1) is 11.1. The zero-order valence-corrected chi connectivity index (χ0v) is 14.0. The van der Waals surface area contributed by atoms with Crippen LogP contribution in [0.1, 0.15) is 30.0 Å². The van der Waals surface area contributed by atoms with Gasteiger partial charge in [0.15, 0.2) is 0 Å². The van der Waals surface area contributed by atoms with E-state index in [4.69, 9.17) is 0 Å². The Bertz CT molecular complexity index is 612. The molecule has 0 radical (unpaired) electrons. The molecule has 2 atom stereocenters. The Labute approximate surface area is 138 Å². The molecule has 2 aromatic rings. The lowest BCUT2D eigenvalue weighted by Crippen LogP contribution is -2.47. The second-order valence-electron chi connectivity index (χ2n) is 6.41. The van der Waals surface area contributed by atoms with E-state index in [1.807, 2.05) is 49.8 Å². The third kappa shape index (κ3) is 3.80. The highest BCUT2D eigenvalue weighted by Gasteiger charge is 2.28. The van der Waals surface area contributed by atoms with Gasteiger partial charge in [0.1, 0.15) is 5.82 Å². The summed E-state index contributed by atoms with van der Waals surface area (Å²) in [5, 5.41) is 10.3. The van der Waals surface area contributed by atoms with Gasteiger partial charge in [-0.2, -0.15) is 0 Å². The first-order valence-corrected chi connectivity index (χ1v) is 8.28. The van der Waals surface area contributed by atoms with Crippen molar-refractivity contribution in [1.82, 2.24) is 19.4 Å². The van der Waals surface area contributed by atoms with Crippen molar-refractivity contribution in [2.24, 2.45) is 7.05 Å². The molecule has 0 amide bonds. The monoisotopic (exact) mass is 314 g/mol. The minimum Gasteiger partial charge on any atom is -0.388 e. The summed E-state index contributed by atoms with van der Waals surface area (Å²) in [4.78, 5) is 9.32. The maximum absolute atomic E-state index is 10.3. The third-order valence-corrected chi connectivity index (χ3v) is 4.79. The third-order valence-electron chi connectivity index (χ3n) is 4.79. The Balaban J connectivity index is 1.58. The maximum Gasteiger partial charge on any atom is 0.127 e. The van der Waals surface area contributed by atoms with Gasteiger partial charge in [-0.05, 0) is 19.0 Å². The first-order valence-electron chi connectivity index (χ1n) is 8.28. The molecule has 1 aromatic carbocycles. The standard InChI is InChI=1S/C18H26N4O/c1-20-12-13-22(14-16(20)18-19-9-11-21(18)2)10-8-17(23)15-6-4-3-5-7-15/h3-7,9,11,16-17,23H,8,10,12-14H2,1-2H3/t16?,17-/m0/s1. The van der Waals surface area contributed by atoms with Crippen LogP contribution in [-0.2, 0) is 7.05 Å². The molecule has 23 heavy (non-hydrogen) atoms. The van der Waals surface area contributed by atoms with Crippen molar-refractivity contribution in [3.05, 3.63) is 54.1 Å². The molecule has 2 heterocycles. The van der Waals surface area contributed by atoms with Gasteiger partial charge in [0.2, 0.25) is 0 Å². The van der Waals surface area contributed by atoms with Crippen LogP contribution in [0.25, 0.3) is 0 Å². The van der Waals surface area contributed by atoms with Crippen LogP contribution in [0.15, 0.2) is 42.7 Å². The molecule has 3 rings (SSSR count). The van der Waals surface area contributed by atoms with Gasteiger partial charge in [-0.1, -0.05) is 30.3 Å². The zero-order valence-electron chi connectivity index (χ0n) is 14.0. The Hall–Kier alpha value is -1.69. The number of hydrogen-bond acceptors (Lipinski definition) is 4. The van der Waals surface area contributed by atoms with Gasteiger partial charge in [-0.3, -0.25) is 9.80 Å². The minimum atomic E-state index is -0.387. The van der Waals surface area contributed by atoms with Gasteiger partial charge < -0.3 is 9.67 Å². The zero-order chi connectivity index (χ0) is 16.2. The minimum absolute atomic E-state index is 0.317. The summed E-state index contributed by atoms with van der Waals surface area (Å²) in [6, 6.07) is 10.2. The van der Waals surface area contributed by atoms with Gasteiger partial charge in [-0.15, -0.1) is 0 Å². The van der Waals surface area contributed by atoms with Gasteiger partial charge in [0, 0.05) is 45.6 Å². The molecule has 0 saturated carbocycles. The molecule has 1 N–H and O–H groups in total. The number of aromatic nitrogens is 2. The molecule has 0 spiro atoms. The van der Waals surface area contributed by atoms with E-state index in [9.17, 15) is 5.11 Å². The van der Waals surface area contributed by atoms with Crippen LogP contribution >= 0.6 is 0 Å². The van der Waals surface area contributed by atoms with Gasteiger partial charge >= 0.3 is 0 Å². The number of aliphatic hydroxyl groups excluding tert-OH is 1. The van der Waals surface area contributed by atoms with E-state index in [1.165, 1.54) is 0 Å². The topological polar surface area (TPSA) is 44.5 Å². The maximum atomic E-state index is 10.3. The van der Waals surface area contributed by atoms with E-state index in [1.54, 1.807) is 0 Å². The highest BCUT2D eigenvalue weighted by Crippen LogP contribution is 2.24. The van der Waals surface area contributed by atoms with E-state index in [-0.39, 0.29) is 6.10 Å². The van der Waals surface area contributed by atoms with Crippen LogP contribution in [0.4, 0.5) is 0 Å². The number of aliphatic hydroxyl groups is 1. The smallest absolute Gasteiger partial charge is 0.127 e. The highest BCUT2D eigenvalue weighted by atomic mass is 16.3. The van der Waals surface area contributed by atoms with Crippen molar-refractivity contribution in [1.29, 1.82) is 0 Å². The fraction of sp³-hybridized carbons (Fsp3) is 0.500.